The molecule has 10 heteroatoms. The number of hydrogen-bond acceptors (Lipinski definition) is 6. The van der Waals surface area contributed by atoms with Crippen molar-refractivity contribution in [3.05, 3.63) is 23.8 Å². The second-order valence-corrected chi connectivity index (χ2v) is 9.51. The van der Waals surface area contributed by atoms with E-state index in [4.69, 9.17) is 9.47 Å². The number of amides is 2. The maximum atomic E-state index is 13.2. The Labute approximate surface area is 183 Å². The van der Waals surface area contributed by atoms with Gasteiger partial charge < -0.3 is 19.3 Å². The van der Waals surface area contributed by atoms with Crippen molar-refractivity contribution < 1.29 is 27.5 Å². The van der Waals surface area contributed by atoms with Crippen LogP contribution >= 0.6 is 0 Å². The molecule has 3 rings (SSSR count). The zero-order chi connectivity index (χ0) is 22.6. The van der Waals surface area contributed by atoms with Crippen molar-refractivity contribution in [3.8, 4) is 5.75 Å². The summed E-state index contributed by atoms with van der Waals surface area (Å²) in [7, 11) is -2.25. The van der Waals surface area contributed by atoms with Gasteiger partial charge in [-0.05, 0) is 31.0 Å². The van der Waals surface area contributed by atoms with E-state index in [1.54, 1.807) is 23.6 Å². The topological polar surface area (TPSA) is 96.5 Å². The quantitative estimate of drug-likeness (QED) is 0.615. The molecule has 2 aliphatic rings. The first-order valence-corrected chi connectivity index (χ1v) is 12.1. The summed E-state index contributed by atoms with van der Waals surface area (Å²) in [6.45, 7) is 6.42. The van der Waals surface area contributed by atoms with Gasteiger partial charge in [0.15, 0.2) is 0 Å². The lowest BCUT2D eigenvalue weighted by atomic mass is 10.1. The molecule has 2 aliphatic heterocycles. The Morgan fingerprint density at radius 2 is 1.77 bits per heavy atom. The van der Waals surface area contributed by atoms with Crippen LogP contribution in [0.1, 0.15) is 37.0 Å². The molecule has 1 aromatic rings. The van der Waals surface area contributed by atoms with Crippen molar-refractivity contribution in [2.45, 2.75) is 37.7 Å². The second kappa shape index (κ2) is 9.97. The number of carbonyl (C=O) groups is 2. The molecule has 1 atom stereocenters. The molecule has 0 saturated carbocycles. The average molecular weight is 454 g/mol. The summed E-state index contributed by atoms with van der Waals surface area (Å²) in [5, 5.41) is 0. The van der Waals surface area contributed by atoms with Gasteiger partial charge in [0.25, 0.3) is 11.8 Å². The third-order valence-corrected chi connectivity index (χ3v) is 7.87. The second-order valence-electron chi connectivity index (χ2n) is 7.57. The first-order valence-electron chi connectivity index (χ1n) is 10.7. The fourth-order valence-electron chi connectivity index (χ4n) is 4.00. The Bertz CT molecular complexity index is 902. The van der Waals surface area contributed by atoms with E-state index in [0.717, 1.165) is 12.8 Å². The molecule has 2 amide bonds. The largest absolute Gasteiger partial charge is 0.496 e. The summed E-state index contributed by atoms with van der Waals surface area (Å²) in [6, 6.07) is 4.36. The summed E-state index contributed by atoms with van der Waals surface area (Å²) in [6.07, 6.45) is 1.26. The Morgan fingerprint density at radius 1 is 1.13 bits per heavy atom. The fraction of sp³-hybridized carbons (Fsp3) is 0.619. The zero-order valence-electron chi connectivity index (χ0n) is 18.4. The first-order chi connectivity index (χ1) is 14.8. The summed E-state index contributed by atoms with van der Waals surface area (Å²) in [4.78, 5) is 29.2. The van der Waals surface area contributed by atoms with Gasteiger partial charge in [0.1, 0.15) is 11.9 Å². The molecule has 0 aliphatic carbocycles. The van der Waals surface area contributed by atoms with E-state index in [2.05, 4.69) is 0 Å². The van der Waals surface area contributed by atoms with Crippen LogP contribution in [0.25, 0.3) is 0 Å². The number of carbonyl (C=O) groups excluding carboxylic acids is 2. The summed E-state index contributed by atoms with van der Waals surface area (Å²) in [5.74, 6) is -0.00601. The molecular weight excluding hydrogens is 422 g/mol. The van der Waals surface area contributed by atoms with Crippen molar-refractivity contribution in [1.29, 1.82) is 0 Å². The fourth-order valence-corrected chi connectivity index (χ4v) is 5.49. The molecule has 1 aromatic carbocycles. The summed E-state index contributed by atoms with van der Waals surface area (Å²) < 4.78 is 37.9. The first kappa shape index (κ1) is 23.5. The van der Waals surface area contributed by atoms with Gasteiger partial charge in [-0.3, -0.25) is 9.59 Å². The minimum Gasteiger partial charge on any atom is -0.496 e. The van der Waals surface area contributed by atoms with Crippen molar-refractivity contribution >= 4 is 21.8 Å². The van der Waals surface area contributed by atoms with E-state index < -0.39 is 10.0 Å². The van der Waals surface area contributed by atoms with E-state index in [0.29, 0.717) is 51.6 Å². The van der Waals surface area contributed by atoms with Crippen LogP contribution in [0.15, 0.2) is 23.1 Å². The van der Waals surface area contributed by atoms with Gasteiger partial charge >= 0.3 is 0 Å². The standard InChI is InChI=1S/C21H31N3O6S/c1-4-24(5-2)31(27,28)16-8-9-18(29-3)17(15-16)20(25)22-10-12-23(13-11-22)21(26)19-7-6-14-30-19/h8-9,15,19H,4-7,10-14H2,1-3H3. The zero-order valence-corrected chi connectivity index (χ0v) is 19.2. The van der Waals surface area contributed by atoms with Crippen molar-refractivity contribution in [2.24, 2.45) is 0 Å². The maximum absolute atomic E-state index is 13.2. The number of benzene rings is 1. The van der Waals surface area contributed by atoms with Crippen LogP contribution in [-0.2, 0) is 19.6 Å². The highest BCUT2D eigenvalue weighted by Gasteiger charge is 2.32. The smallest absolute Gasteiger partial charge is 0.257 e. The van der Waals surface area contributed by atoms with E-state index in [1.807, 2.05) is 0 Å². The highest BCUT2D eigenvalue weighted by molar-refractivity contribution is 7.89. The number of sulfonamides is 1. The van der Waals surface area contributed by atoms with Gasteiger partial charge in [-0.1, -0.05) is 13.8 Å². The minimum atomic E-state index is -3.70. The van der Waals surface area contributed by atoms with Crippen LogP contribution in [0.4, 0.5) is 0 Å². The monoisotopic (exact) mass is 453 g/mol. The highest BCUT2D eigenvalue weighted by Crippen LogP contribution is 2.26. The van der Waals surface area contributed by atoms with Crippen LogP contribution in [0.3, 0.4) is 0 Å². The van der Waals surface area contributed by atoms with Gasteiger partial charge in [-0.2, -0.15) is 4.31 Å². The number of nitrogens with zero attached hydrogens (tertiary/aromatic N) is 3. The van der Waals surface area contributed by atoms with Crippen LogP contribution < -0.4 is 4.74 Å². The van der Waals surface area contributed by atoms with Crippen molar-refractivity contribution in [2.75, 3.05) is 53.0 Å². The molecule has 0 spiro atoms. The van der Waals surface area contributed by atoms with E-state index >= 15 is 0 Å². The van der Waals surface area contributed by atoms with Gasteiger partial charge in [0, 0.05) is 45.9 Å². The molecule has 172 valence electrons. The molecular formula is C21H31N3O6S. The molecule has 9 nitrogen and oxygen atoms in total. The summed E-state index contributed by atoms with van der Waals surface area (Å²) >= 11 is 0. The number of piperazine rings is 1. The number of ether oxygens (including phenoxy) is 2. The van der Waals surface area contributed by atoms with Gasteiger partial charge in [-0.25, -0.2) is 8.42 Å². The Kier molecular flexibility index (Phi) is 7.55. The van der Waals surface area contributed by atoms with Crippen molar-refractivity contribution in [1.82, 2.24) is 14.1 Å². The molecule has 31 heavy (non-hydrogen) atoms. The predicted octanol–water partition coefficient (Wildman–Crippen LogP) is 1.19. The third kappa shape index (κ3) is 4.86. The Morgan fingerprint density at radius 3 is 2.32 bits per heavy atom. The molecule has 1 unspecified atom stereocenters. The van der Waals surface area contributed by atoms with E-state index in [9.17, 15) is 18.0 Å². The lowest BCUT2D eigenvalue weighted by Crippen LogP contribution is -2.52. The maximum Gasteiger partial charge on any atom is 0.257 e. The molecule has 0 N–H and O–H groups in total. The van der Waals surface area contributed by atoms with E-state index in [1.165, 1.54) is 29.6 Å². The van der Waals surface area contributed by atoms with Crippen molar-refractivity contribution in [3.63, 3.8) is 0 Å². The minimum absolute atomic E-state index is 0.0190. The lowest BCUT2D eigenvalue weighted by Gasteiger charge is -2.36. The van der Waals surface area contributed by atoms with Crippen LogP contribution in [-0.4, -0.2) is 93.4 Å². The lowest BCUT2D eigenvalue weighted by molar-refractivity contribution is -0.142. The third-order valence-electron chi connectivity index (χ3n) is 5.83. The highest BCUT2D eigenvalue weighted by atomic mass is 32.2. The van der Waals surface area contributed by atoms with Gasteiger partial charge in [0.2, 0.25) is 10.0 Å². The van der Waals surface area contributed by atoms with Crippen LogP contribution in [0, 0.1) is 0 Å². The predicted molar refractivity (Wildman–Crippen MR) is 115 cm³/mol. The Hall–Kier alpha value is -2.17. The molecule has 0 radical (unpaired) electrons. The van der Waals surface area contributed by atoms with Gasteiger partial charge in [0.05, 0.1) is 17.6 Å². The molecule has 2 heterocycles. The molecule has 2 saturated heterocycles. The number of rotatable bonds is 7. The van der Waals surface area contributed by atoms with E-state index in [-0.39, 0.29) is 28.4 Å². The number of methoxy groups -OCH3 is 1. The normalized spacial score (nSPS) is 19.7. The van der Waals surface area contributed by atoms with Gasteiger partial charge in [-0.15, -0.1) is 0 Å². The molecule has 0 aromatic heterocycles. The Balaban J connectivity index is 1.76. The molecule has 2 fully saturated rings. The molecule has 0 bridgehead atoms. The van der Waals surface area contributed by atoms with Crippen LogP contribution in [0.5, 0.6) is 5.75 Å². The number of hydrogen-bond donors (Lipinski definition) is 0. The SMILES string of the molecule is CCN(CC)S(=O)(=O)c1ccc(OC)c(C(=O)N2CCN(C(=O)C3CCCO3)CC2)c1. The summed E-state index contributed by atoms with van der Waals surface area (Å²) in [5.41, 5.74) is 0.203. The van der Waals surface area contributed by atoms with Crippen LogP contribution in [0.2, 0.25) is 0 Å². The average Bonchev–Trinajstić information content (AvgIpc) is 3.33.